The fourth-order valence-corrected chi connectivity index (χ4v) is 5.67. The lowest BCUT2D eigenvalue weighted by Gasteiger charge is -2.57. The van der Waals surface area contributed by atoms with Crippen molar-refractivity contribution in [2.45, 2.75) is 44.1 Å². The van der Waals surface area contributed by atoms with Gasteiger partial charge in [-0.05, 0) is 80.6 Å². The third-order valence-corrected chi connectivity index (χ3v) is 5.96. The Morgan fingerprint density at radius 1 is 1.09 bits per heavy atom. The van der Waals surface area contributed by atoms with Crippen LogP contribution < -0.4 is 10.6 Å². The fourth-order valence-electron chi connectivity index (χ4n) is 5.33. The Labute approximate surface area is 141 Å². The second-order valence-corrected chi connectivity index (χ2v) is 7.99. The van der Waals surface area contributed by atoms with Crippen molar-refractivity contribution in [3.05, 3.63) is 34.4 Å². The molecule has 0 aromatic heterocycles. The Morgan fingerprint density at radius 3 is 2.09 bits per heavy atom. The molecule has 122 valence electrons. The Morgan fingerprint density at radius 2 is 1.61 bits per heavy atom. The van der Waals surface area contributed by atoms with E-state index in [2.05, 4.69) is 10.6 Å². The van der Waals surface area contributed by atoms with Gasteiger partial charge in [0.15, 0.2) is 5.11 Å². The van der Waals surface area contributed by atoms with E-state index in [1.54, 1.807) is 12.1 Å². The maximum absolute atomic E-state index is 10.7. The van der Waals surface area contributed by atoms with E-state index >= 15 is 0 Å². The Hall–Kier alpha value is -1.69. The molecule has 0 saturated heterocycles. The molecule has 1 aromatic rings. The van der Waals surface area contributed by atoms with Gasteiger partial charge in [-0.2, -0.15) is 0 Å². The number of thiocarbonyl (C=S) groups is 1. The zero-order valence-electron chi connectivity index (χ0n) is 13.0. The molecule has 4 fully saturated rings. The second kappa shape index (κ2) is 5.44. The van der Waals surface area contributed by atoms with Crippen LogP contribution in [0.5, 0.6) is 0 Å². The third kappa shape index (κ3) is 2.92. The molecule has 0 unspecified atom stereocenters. The van der Waals surface area contributed by atoms with E-state index in [1.807, 2.05) is 0 Å². The van der Waals surface area contributed by atoms with Crippen LogP contribution in [0.2, 0.25) is 0 Å². The minimum absolute atomic E-state index is 0.0931. The molecule has 0 spiro atoms. The van der Waals surface area contributed by atoms with Crippen molar-refractivity contribution >= 4 is 28.7 Å². The second-order valence-electron chi connectivity index (χ2n) is 7.58. The van der Waals surface area contributed by atoms with Crippen LogP contribution in [0, 0.1) is 27.9 Å². The van der Waals surface area contributed by atoms with E-state index in [4.69, 9.17) is 12.2 Å². The summed E-state index contributed by atoms with van der Waals surface area (Å²) in [4.78, 5) is 10.3. The minimum Gasteiger partial charge on any atom is -0.357 e. The molecule has 4 bridgehead atoms. The van der Waals surface area contributed by atoms with Crippen LogP contribution >= 0.6 is 12.2 Å². The van der Waals surface area contributed by atoms with Crippen LogP contribution in [0.25, 0.3) is 0 Å². The standard InChI is InChI=1S/C17H21N3O2S/c21-20(22)15-3-1-14(2-4-15)18-16(23)19-17-8-11-5-12(9-17)7-13(6-11)10-17/h1-4,11-13H,5-10H2,(H2,18,19,23). The van der Waals surface area contributed by atoms with Gasteiger partial charge in [0.05, 0.1) is 4.92 Å². The first-order valence-corrected chi connectivity index (χ1v) is 8.76. The molecule has 5 rings (SSSR count). The van der Waals surface area contributed by atoms with Gasteiger partial charge < -0.3 is 10.6 Å². The van der Waals surface area contributed by atoms with Gasteiger partial charge >= 0.3 is 0 Å². The number of benzene rings is 1. The molecular formula is C17H21N3O2S. The normalized spacial score (nSPS) is 34.2. The van der Waals surface area contributed by atoms with Crippen molar-refractivity contribution in [3.63, 3.8) is 0 Å². The molecule has 5 nitrogen and oxygen atoms in total. The van der Waals surface area contributed by atoms with Gasteiger partial charge in [-0.3, -0.25) is 10.1 Å². The van der Waals surface area contributed by atoms with E-state index in [0.29, 0.717) is 5.11 Å². The number of nitro benzene ring substituents is 1. The molecule has 1 aromatic carbocycles. The SMILES string of the molecule is O=[N+]([O-])c1ccc(NC(=S)NC23CC4CC(CC(C4)C2)C3)cc1. The number of nitro groups is 1. The summed E-state index contributed by atoms with van der Waals surface area (Å²) in [6, 6.07) is 6.39. The van der Waals surface area contributed by atoms with Crippen LogP contribution in [0.15, 0.2) is 24.3 Å². The summed E-state index contributed by atoms with van der Waals surface area (Å²) in [7, 11) is 0. The average Bonchev–Trinajstić information content (AvgIpc) is 2.45. The molecular weight excluding hydrogens is 310 g/mol. The molecule has 0 amide bonds. The highest BCUT2D eigenvalue weighted by Gasteiger charge is 2.51. The molecule has 6 heteroatoms. The zero-order chi connectivity index (χ0) is 16.0. The van der Waals surface area contributed by atoms with Gasteiger partial charge in [0.25, 0.3) is 5.69 Å². The van der Waals surface area contributed by atoms with Crippen molar-refractivity contribution in [2.75, 3.05) is 5.32 Å². The number of hydrogen-bond donors (Lipinski definition) is 2. The van der Waals surface area contributed by atoms with Crippen molar-refractivity contribution in [1.29, 1.82) is 0 Å². The highest BCUT2D eigenvalue weighted by atomic mass is 32.1. The van der Waals surface area contributed by atoms with Gasteiger partial charge in [0.1, 0.15) is 0 Å². The largest absolute Gasteiger partial charge is 0.357 e. The molecule has 4 aliphatic carbocycles. The van der Waals surface area contributed by atoms with Crippen molar-refractivity contribution in [3.8, 4) is 0 Å². The first-order chi connectivity index (χ1) is 11.0. The Balaban J connectivity index is 1.41. The van der Waals surface area contributed by atoms with Gasteiger partial charge in [-0.25, -0.2) is 0 Å². The quantitative estimate of drug-likeness (QED) is 0.500. The summed E-state index contributed by atoms with van der Waals surface area (Å²) in [6.07, 6.45) is 7.93. The van der Waals surface area contributed by atoms with Crippen LogP contribution in [-0.2, 0) is 0 Å². The highest BCUT2D eigenvalue weighted by molar-refractivity contribution is 7.80. The van der Waals surface area contributed by atoms with E-state index in [9.17, 15) is 10.1 Å². The summed E-state index contributed by atoms with van der Waals surface area (Å²) in [5.41, 5.74) is 1.06. The first-order valence-electron chi connectivity index (χ1n) is 8.35. The molecule has 0 aliphatic heterocycles. The Bertz CT molecular complexity index is 608. The summed E-state index contributed by atoms with van der Waals surface area (Å²) in [5.74, 6) is 2.61. The number of hydrogen-bond acceptors (Lipinski definition) is 3. The van der Waals surface area contributed by atoms with Crippen LogP contribution in [0.4, 0.5) is 11.4 Å². The van der Waals surface area contributed by atoms with Gasteiger partial charge in [0, 0.05) is 23.4 Å². The van der Waals surface area contributed by atoms with Crippen LogP contribution in [0.1, 0.15) is 38.5 Å². The number of nitrogens with zero attached hydrogens (tertiary/aromatic N) is 1. The number of anilines is 1. The summed E-state index contributed by atoms with van der Waals surface area (Å²) >= 11 is 5.50. The zero-order valence-corrected chi connectivity index (χ0v) is 13.8. The smallest absolute Gasteiger partial charge is 0.269 e. The predicted octanol–water partition coefficient (Wildman–Crippen LogP) is 3.85. The highest BCUT2D eigenvalue weighted by Crippen LogP contribution is 2.55. The lowest BCUT2D eigenvalue weighted by molar-refractivity contribution is -0.384. The summed E-state index contributed by atoms with van der Waals surface area (Å²) in [5, 5.41) is 18.1. The van der Waals surface area contributed by atoms with Crippen molar-refractivity contribution in [1.82, 2.24) is 5.32 Å². The van der Waals surface area contributed by atoms with Crippen LogP contribution in [-0.4, -0.2) is 15.6 Å². The van der Waals surface area contributed by atoms with E-state index < -0.39 is 4.92 Å². The molecule has 0 radical (unpaired) electrons. The minimum atomic E-state index is -0.393. The topological polar surface area (TPSA) is 67.2 Å². The maximum Gasteiger partial charge on any atom is 0.269 e. The molecule has 4 aliphatic rings. The third-order valence-electron chi connectivity index (χ3n) is 5.75. The lowest BCUT2D eigenvalue weighted by Crippen LogP contribution is -2.60. The molecule has 0 atom stereocenters. The predicted molar refractivity (Wildman–Crippen MR) is 93.4 cm³/mol. The summed E-state index contributed by atoms with van der Waals surface area (Å²) in [6.45, 7) is 0. The van der Waals surface area contributed by atoms with E-state index in [1.165, 1.54) is 50.7 Å². The number of rotatable bonds is 3. The van der Waals surface area contributed by atoms with Crippen LogP contribution in [0.3, 0.4) is 0 Å². The molecule has 2 N–H and O–H groups in total. The maximum atomic E-state index is 10.7. The van der Waals surface area contributed by atoms with E-state index in [-0.39, 0.29) is 11.2 Å². The molecule has 0 heterocycles. The lowest BCUT2D eigenvalue weighted by atomic mass is 9.53. The van der Waals surface area contributed by atoms with Crippen molar-refractivity contribution < 1.29 is 4.92 Å². The fraction of sp³-hybridized carbons (Fsp3) is 0.588. The molecule has 4 saturated carbocycles. The first kappa shape index (κ1) is 14.9. The van der Waals surface area contributed by atoms with Crippen molar-refractivity contribution in [2.24, 2.45) is 17.8 Å². The van der Waals surface area contributed by atoms with Gasteiger partial charge in [-0.15, -0.1) is 0 Å². The number of non-ortho nitro benzene ring substituents is 1. The molecule has 23 heavy (non-hydrogen) atoms. The number of nitrogens with one attached hydrogen (secondary N) is 2. The summed E-state index contributed by atoms with van der Waals surface area (Å²) < 4.78 is 0. The van der Waals surface area contributed by atoms with E-state index in [0.717, 1.165) is 23.4 Å². The monoisotopic (exact) mass is 331 g/mol. The average molecular weight is 331 g/mol. The Kier molecular flexibility index (Phi) is 3.52. The van der Waals surface area contributed by atoms with Gasteiger partial charge in [-0.1, -0.05) is 0 Å². The van der Waals surface area contributed by atoms with Gasteiger partial charge in [0.2, 0.25) is 0 Å².